The zero-order chi connectivity index (χ0) is 17.2. The average molecular weight is 343 g/mol. The van der Waals surface area contributed by atoms with E-state index in [0.29, 0.717) is 32.5 Å². The molecule has 2 rings (SSSR count). The Morgan fingerprint density at radius 1 is 1.30 bits per heavy atom. The predicted octanol–water partition coefficient (Wildman–Crippen LogP) is 2.09. The summed E-state index contributed by atoms with van der Waals surface area (Å²) < 4.78 is 53.0. The Kier molecular flexibility index (Phi) is 5.22. The zero-order valence-corrected chi connectivity index (χ0v) is 13.9. The highest BCUT2D eigenvalue weighted by Crippen LogP contribution is 2.29. The molecule has 1 fully saturated rings. The van der Waals surface area contributed by atoms with E-state index in [1.54, 1.807) is 17.9 Å². The zero-order valence-electron chi connectivity index (χ0n) is 13.1. The van der Waals surface area contributed by atoms with E-state index in [1.165, 1.54) is 10.6 Å². The summed E-state index contributed by atoms with van der Waals surface area (Å²) in [4.78, 5) is 1.57. The van der Waals surface area contributed by atoms with Crippen LogP contribution in [0.3, 0.4) is 0 Å². The van der Waals surface area contributed by atoms with Crippen molar-refractivity contribution in [2.45, 2.75) is 25.8 Å². The lowest BCUT2D eigenvalue weighted by Gasteiger charge is -2.38. The summed E-state index contributed by atoms with van der Waals surface area (Å²) in [6.07, 6.45) is 2.17. The summed E-state index contributed by atoms with van der Waals surface area (Å²) in [7, 11) is -3.29. The quantitative estimate of drug-likeness (QED) is 0.840. The first-order valence-electron chi connectivity index (χ1n) is 7.38. The molecular weight excluding hydrogens is 324 g/mol. The van der Waals surface area contributed by atoms with E-state index >= 15 is 0 Å². The lowest BCUT2D eigenvalue weighted by Crippen LogP contribution is -2.47. The fraction of sp³-hybridized carbons (Fsp3) is 0.533. The first kappa shape index (κ1) is 17.6. The highest BCUT2D eigenvalue weighted by molar-refractivity contribution is 7.88. The average Bonchev–Trinajstić information content (AvgIpc) is 2.47. The van der Waals surface area contributed by atoms with E-state index in [0.717, 1.165) is 12.1 Å². The van der Waals surface area contributed by atoms with E-state index in [-0.39, 0.29) is 17.3 Å². The van der Waals surface area contributed by atoms with Crippen molar-refractivity contribution < 1.29 is 17.2 Å². The van der Waals surface area contributed by atoms with Gasteiger partial charge in [0.15, 0.2) is 11.6 Å². The maximum Gasteiger partial charge on any atom is 0.211 e. The first-order chi connectivity index (χ1) is 10.8. The van der Waals surface area contributed by atoms with Crippen molar-refractivity contribution >= 4 is 15.7 Å². The number of benzene rings is 1. The van der Waals surface area contributed by atoms with Crippen molar-refractivity contribution in [3.63, 3.8) is 0 Å². The number of halogens is 2. The smallest absolute Gasteiger partial charge is 0.211 e. The van der Waals surface area contributed by atoms with Crippen molar-refractivity contribution in [2.24, 2.45) is 0 Å². The molecule has 0 radical (unpaired) electrons. The predicted molar refractivity (Wildman–Crippen MR) is 83.5 cm³/mol. The largest absolute Gasteiger partial charge is 0.367 e. The second-order valence-electron chi connectivity index (χ2n) is 5.58. The highest BCUT2D eigenvalue weighted by atomic mass is 32.2. The van der Waals surface area contributed by atoms with Gasteiger partial charge in [-0.15, -0.1) is 0 Å². The van der Waals surface area contributed by atoms with E-state index < -0.39 is 21.7 Å². The van der Waals surface area contributed by atoms with Gasteiger partial charge in [0.25, 0.3) is 0 Å². The van der Waals surface area contributed by atoms with Crippen LogP contribution in [-0.4, -0.2) is 44.7 Å². The number of nitrogens with zero attached hydrogens (tertiary/aromatic N) is 3. The standard InChI is InChI=1S/C15H19F2N3O2S/c1-3-20(23(2,21)22)12-4-6-19(7-5-12)15-13(16)8-11(10-18)9-14(15)17/h8-9,12H,3-7H2,1-2H3. The van der Waals surface area contributed by atoms with Gasteiger partial charge < -0.3 is 4.90 Å². The molecule has 0 amide bonds. The number of piperidine rings is 1. The number of sulfonamides is 1. The molecule has 1 aliphatic rings. The number of hydrogen-bond acceptors (Lipinski definition) is 4. The third-order valence-electron chi connectivity index (χ3n) is 4.07. The van der Waals surface area contributed by atoms with Crippen LogP contribution in [0.4, 0.5) is 14.5 Å². The van der Waals surface area contributed by atoms with Gasteiger partial charge in [0.2, 0.25) is 10.0 Å². The fourth-order valence-electron chi connectivity index (χ4n) is 3.07. The Labute approximate surface area is 135 Å². The van der Waals surface area contributed by atoms with Crippen molar-refractivity contribution in [3.8, 4) is 6.07 Å². The molecule has 5 nitrogen and oxygen atoms in total. The Hall–Kier alpha value is -1.72. The Morgan fingerprint density at radius 2 is 1.83 bits per heavy atom. The van der Waals surface area contributed by atoms with Gasteiger partial charge in [-0.2, -0.15) is 9.57 Å². The molecule has 1 aromatic carbocycles. The third kappa shape index (κ3) is 3.79. The van der Waals surface area contributed by atoms with Crippen LogP contribution in [0, 0.1) is 23.0 Å². The normalized spacial score (nSPS) is 16.6. The molecule has 0 spiro atoms. The second kappa shape index (κ2) is 6.81. The Bertz CT molecular complexity index is 700. The van der Waals surface area contributed by atoms with Crippen LogP contribution in [0.1, 0.15) is 25.3 Å². The van der Waals surface area contributed by atoms with Gasteiger partial charge in [0.05, 0.1) is 17.9 Å². The van der Waals surface area contributed by atoms with E-state index in [1.807, 2.05) is 0 Å². The topological polar surface area (TPSA) is 64.4 Å². The molecule has 0 N–H and O–H groups in total. The lowest BCUT2D eigenvalue weighted by atomic mass is 10.0. The molecule has 23 heavy (non-hydrogen) atoms. The van der Waals surface area contributed by atoms with Gasteiger partial charge >= 0.3 is 0 Å². The number of hydrogen-bond donors (Lipinski definition) is 0. The van der Waals surface area contributed by atoms with Crippen molar-refractivity contribution in [1.82, 2.24) is 4.31 Å². The van der Waals surface area contributed by atoms with Crippen LogP contribution in [0.5, 0.6) is 0 Å². The summed E-state index contributed by atoms with van der Waals surface area (Å²) in [5.74, 6) is -1.54. The van der Waals surface area contributed by atoms with Gasteiger partial charge in [-0.05, 0) is 25.0 Å². The van der Waals surface area contributed by atoms with Gasteiger partial charge in [-0.1, -0.05) is 6.92 Å². The third-order valence-corrected chi connectivity index (χ3v) is 5.48. The summed E-state index contributed by atoms with van der Waals surface area (Å²) >= 11 is 0. The van der Waals surface area contributed by atoms with Gasteiger partial charge in [-0.25, -0.2) is 17.2 Å². The second-order valence-corrected chi connectivity index (χ2v) is 7.52. The molecular formula is C15H19F2N3O2S. The fourth-order valence-corrected chi connectivity index (χ4v) is 4.29. The highest BCUT2D eigenvalue weighted by Gasteiger charge is 2.30. The summed E-state index contributed by atoms with van der Waals surface area (Å²) in [6, 6.07) is 3.58. The SMILES string of the molecule is CCN(C1CCN(c2c(F)cc(C#N)cc2F)CC1)S(C)(=O)=O. The van der Waals surface area contributed by atoms with Crippen molar-refractivity contribution in [1.29, 1.82) is 5.26 Å². The van der Waals surface area contributed by atoms with Crippen LogP contribution in [0.25, 0.3) is 0 Å². The maximum atomic E-state index is 14.1. The van der Waals surface area contributed by atoms with Crippen molar-refractivity contribution in [2.75, 3.05) is 30.8 Å². The molecule has 0 aliphatic carbocycles. The molecule has 0 aromatic heterocycles. The minimum absolute atomic E-state index is 0.0622. The van der Waals surface area contributed by atoms with Crippen LogP contribution in [0.15, 0.2) is 12.1 Å². The summed E-state index contributed by atoms with van der Waals surface area (Å²) in [6.45, 7) is 2.86. The minimum Gasteiger partial charge on any atom is -0.367 e. The molecule has 0 saturated carbocycles. The van der Waals surface area contributed by atoms with Crippen LogP contribution in [-0.2, 0) is 10.0 Å². The van der Waals surface area contributed by atoms with Crippen LogP contribution < -0.4 is 4.90 Å². The Balaban J connectivity index is 2.16. The van der Waals surface area contributed by atoms with Gasteiger partial charge in [0, 0.05) is 25.7 Å². The summed E-state index contributed by atoms with van der Waals surface area (Å²) in [5.41, 5.74) is -0.210. The molecule has 0 unspecified atom stereocenters. The lowest BCUT2D eigenvalue weighted by molar-refractivity contribution is 0.284. The van der Waals surface area contributed by atoms with Crippen LogP contribution in [0.2, 0.25) is 0 Å². The minimum atomic E-state index is -3.29. The van der Waals surface area contributed by atoms with Crippen LogP contribution >= 0.6 is 0 Å². The maximum absolute atomic E-state index is 14.1. The number of nitriles is 1. The molecule has 1 saturated heterocycles. The number of anilines is 1. The first-order valence-corrected chi connectivity index (χ1v) is 9.23. The monoisotopic (exact) mass is 343 g/mol. The molecule has 1 aliphatic heterocycles. The molecule has 8 heteroatoms. The molecule has 0 bridgehead atoms. The molecule has 0 atom stereocenters. The van der Waals surface area contributed by atoms with Gasteiger partial charge in [0.1, 0.15) is 5.69 Å². The summed E-state index contributed by atoms with van der Waals surface area (Å²) in [5, 5.41) is 8.73. The number of rotatable bonds is 4. The molecule has 126 valence electrons. The van der Waals surface area contributed by atoms with Gasteiger partial charge in [-0.3, -0.25) is 0 Å². The van der Waals surface area contributed by atoms with Crippen molar-refractivity contribution in [3.05, 3.63) is 29.3 Å². The Morgan fingerprint density at radius 3 is 2.22 bits per heavy atom. The van der Waals surface area contributed by atoms with E-state index in [4.69, 9.17) is 5.26 Å². The molecule has 1 heterocycles. The van der Waals surface area contributed by atoms with E-state index in [2.05, 4.69) is 0 Å². The van der Waals surface area contributed by atoms with E-state index in [9.17, 15) is 17.2 Å². The molecule has 1 aromatic rings.